The Morgan fingerprint density at radius 2 is 2.44 bits per heavy atom. The molecule has 1 heterocycles. The van der Waals surface area contributed by atoms with Gasteiger partial charge in [-0.25, -0.2) is 0 Å². The van der Waals surface area contributed by atoms with E-state index in [1.165, 1.54) is 12.5 Å². The van der Waals surface area contributed by atoms with Crippen molar-refractivity contribution in [3.63, 3.8) is 0 Å². The molecule has 2 nitrogen and oxygen atoms in total. The van der Waals surface area contributed by atoms with Crippen molar-refractivity contribution in [2.45, 2.75) is 6.92 Å². The van der Waals surface area contributed by atoms with E-state index in [2.05, 4.69) is 0 Å². The smallest absolute Gasteiger partial charge is 0.175 e. The van der Waals surface area contributed by atoms with Crippen LogP contribution < -0.4 is 4.74 Å². The van der Waals surface area contributed by atoms with E-state index >= 15 is 0 Å². The second-order valence-corrected chi connectivity index (χ2v) is 1.92. The molecule has 0 unspecified atom stereocenters. The molecule has 0 bridgehead atoms. The number of furan rings is 1. The van der Waals surface area contributed by atoms with Crippen LogP contribution in [-0.2, 0) is 0 Å². The Morgan fingerprint density at radius 1 is 1.67 bits per heavy atom. The highest BCUT2D eigenvalue weighted by Crippen LogP contribution is 2.24. The largest absolute Gasteiger partial charge is 0.489 e. The van der Waals surface area contributed by atoms with E-state index in [0.717, 1.165) is 0 Å². The van der Waals surface area contributed by atoms with Crippen molar-refractivity contribution in [3.8, 4) is 5.75 Å². The highest BCUT2D eigenvalue weighted by molar-refractivity contribution is 6.31. The predicted octanol–water partition coefficient (Wildman–Crippen LogP) is 2.33. The van der Waals surface area contributed by atoms with Crippen LogP contribution in [0.2, 0.25) is 5.02 Å². The fraction of sp³-hybridized carbons (Fsp3) is 0.333. The summed E-state index contributed by atoms with van der Waals surface area (Å²) >= 11 is 5.60. The summed E-state index contributed by atoms with van der Waals surface area (Å²) in [5.74, 6) is 0.610. The van der Waals surface area contributed by atoms with Gasteiger partial charge in [0.15, 0.2) is 5.75 Å². The van der Waals surface area contributed by atoms with Gasteiger partial charge in [-0.05, 0) is 6.92 Å². The molecule has 1 aromatic rings. The molecule has 1 rings (SSSR count). The van der Waals surface area contributed by atoms with Gasteiger partial charge in [0.1, 0.15) is 17.5 Å². The predicted molar refractivity (Wildman–Crippen MR) is 34.9 cm³/mol. The molecule has 3 heteroatoms. The fourth-order valence-electron chi connectivity index (χ4n) is 0.528. The van der Waals surface area contributed by atoms with Crippen LogP contribution in [0.3, 0.4) is 0 Å². The molecule has 1 aromatic heterocycles. The first-order valence-corrected chi connectivity index (χ1v) is 3.07. The average Bonchev–Trinajstić information content (AvgIpc) is 2.18. The van der Waals surface area contributed by atoms with Crippen molar-refractivity contribution in [3.05, 3.63) is 17.5 Å². The summed E-state index contributed by atoms with van der Waals surface area (Å²) in [5.41, 5.74) is 0. The van der Waals surface area contributed by atoms with Gasteiger partial charge in [-0.15, -0.1) is 0 Å². The maximum atomic E-state index is 5.60. The maximum absolute atomic E-state index is 5.60. The normalized spacial score (nSPS) is 9.56. The van der Waals surface area contributed by atoms with Crippen molar-refractivity contribution in [2.75, 3.05) is 6.61 Å². The molecule has 0 amide bonds. The first-order valence-electron chi connectivity index (χ1n) is 2.69. The third-order valence-electron chi connectivity index (χ3n) is 0.882. The van der Waals surface area contributed by atoms with Crippen LogP contribution in [0.25, 0.3) is 0 Å². The second kappa shape index (κ2) is 2.78. The number of ether oxygens (including phenoxy) is 1. The van der Waals surface area contributed by atoms with Gasteiger partial charge in [-0.2, -0.15) is 0 Å². The van der Waals surface area contributed by atoms with E-state index in [0.29, 0.717) is 17.4 Å². The van der Waals surface area contributed by atoms with Crippen LogP contribution in [-0.4, -0.2) is 6.61 Å². The lowest BCUT2D eigenvalue weighted by atomic mass is 10.6. The Morgan fingerprint density at radius 3 is 2.89 bits per heavy atom. The van der Waals surface area contributed by atoms with E-state index < -0.39 is 0 Å². The van der Waals surface area contributed by atoms with Crippen LogP contribution >= 0.6 is 11.6 Å². The lowest BCUT2D eigenvalue weighted by Gasteiger charge is -1.95. The molecule has 0 aliphatic heterocycles. The topological polar surface area (TPSA) is 22.4 Å². The van der Waals surface area contributed by atoms with Gasteiger partial charge >= 0.3 is 0 Å². The summed E-state index contributed by atoms with van der Waals surface area (Å²) in [6, 6.07) is 0. The molecular formula is C6H7ClO2. The number of halogens is 1. The van der Waals surface area contributed by atoms with Crippen LogP contribution in [0, 0.1) is 0 Å². The number of hydrogen-bond acceptors (Lipinski definition) is 2. The molecule has 9 heavy (non-hydrogen) atoms. The van der Waals surface area contributed by atoms with Crippen molar-refractivity contribution in [2.24, 2.45) is 0 Å². The van der Waals surface area contributed by atoms with E-state index in [1.54, 1.807) is 0 Å². The van der Waals surface area contributed by atoms with Gasteiger partial charge in [0.2, 0.25) is 0 Å². The zero-order chi connectivity index (χ0) is 6.69. The molecule has 0 N–H and O–H groups in total. The molecule has 0 aliphatic rings. The van der Waals surface area contributed by atoms with Crippen molar-refractivity contribution in [1.82, 2.24) is 0 Å². The molecule has 0 spiro atoms. The minimum atomic E-state index is 0.525. The minimum Gasteiger partial charge on any atom is -0.489 e. The highest BCUT2D eigenvalue weighted by atomic mass is 35.5. The number of rotatable bonds is 2. The lowest BCUT2D eigenvalue weighted by Crippen LogP contribution is -1.88. The molecule has 0 aliphatic carbocycles. The molecule has 0 aromatic carbocycles. The second-order valence-electron chi connectivity index (χ2n) is 1.52. The summed E-state index contributed by atoms with van der Waals surface area (Å²) in [7, 11) is 0. The molecule has 0 radical (unpaired) electrons. The SMILES string of the molecule is CCOc1cocc1Cl. The quantitative estimate of drug-likeness (QED) is 0.639. The summed E-state index contributed by atoms with van der Waals surface area (Å²) in [6.45, 7) is 2.50. The van der Waals surface area contributed by atoms with Crippen LogP contribution in [0.5, 0.6) is 5.75 Å². The van der Waals surface area contributed by atoms with Gasteiger partial charge in [-0.1, -0.05) is 11.6 Å². The summed E-state index contributed by atoms with van der Waals surface area (Å²) in [5, 5.41) is 0.525. The molecule has 50 valence electrons. The standard InChI is InChI=1S/C6H7ClO2/c1-2-9-6-4-8-3-5(6)7/h3-4H,2H2,1H3. The summed E-state index contributed by atoms with van der Waals surface area (Å²) < 4.78 is 9.79. The third kappa shape index (κ3) is 1.39. The van der Waals surface area contributed by atoms with E-state index in [9.17, 15) is 0 Å². The first kappa shape index (κ1) is 6.49. The van der Waals surface area contributed by atoms with E-state index in [-0.39, 0.29) is 0 Å². The van der Waals surface area contributed by atoms with Crippen LogP contribution in [0.1, 0.15) is 6.92 Å². The number of hydrogen-bond donors (Lipinski definition) is 0. The average molecular weight is 147 g/mol. The highest BCUT2D eigenvalue weighted by Gasteiger charge is 2.00. The van der Waals surface area contributed by atoms with Gasteiger partial charge in [0, 0.05) is 0 Å². The van der Waals surface area contributed by atoms with Gasteiger partial charge in [-0.3, -0.25) is 0 Å². The first-order chi connectivity index (χ1) is 4.34. The molecular weight excluding hydrogens is 140 g/mol. The molecule has 0 saturated heterocycles. The Labute approximate surface area is 58.4 Å². The van der Waals surface area contributed by atoms with E-state index in [4.69, 9.17) is 20.8 Å². The molecule has 0 atom stereocenters. The van der Waals surface area contributed by atoms with Gasteiger partial charge < -0.3 is 9.15 Å². The monoisotopic (exact) mass is 146 g/mol. The van der Waals surface area contributed by atoms with Crippen LogP contribution in [0.4, 0.5) is 0 Å². The fourth-order valence-corrected chi connectivity index (χ4v) is 0.679. The zero-order valence-corrected chi connectivity index (χ0v) is 5.81. The third-order valence-corrected chi connectivity index (χ3v) is 1.16. The van der Waals surface area contributed by atoms with Crippen molar-refractivity contribution < 1.29 is 9.15 Å². The van der Waals surface area contributed by atoms with Gasteiger partial charge in [0.05, 0.1) is 6.61 Å². The van der Waals surface area contributed by atoms with E-state index in [1.807, 2.05) is 6.92 Å². The summed E-state index contributed by atoms with van der Waals surface area (Å²) in [6.07, 6.45) is 2.92. The zero-order valence-electron chi connectivity index (χ0n) is 5.06. The Hall–Kier alpha value is -0.630. The Kier molecular flexibility index (Phi) is 2.01. The molecule has 0 saturated carbocycles. The van der Waals surface area contributed by atoms with Crippen molar-refractivity contribution >= 4 is 11.6 Å². The Balaban J connectivity index is 2.69. The summed E-state index contributed by atoms with van der Waals surface area (Å²) in [4.78, 5) is 0. The van der Waals surface area contributed by atoms with Crippen LogP contribution in [0.15, 0.2) is 16.9 Å². The molecule has 0 fully saturated rings. The van der Waals surface area contributed by atoms with Crippen molar-refractivity contribution in [1.29, 1.82) is 0 Å². The minimum absolute atomic E-state index is 0.525. The van der Waals surface area contributed by atoms with Gasteiger partial charge in [0.25, 0.3) is 0 Å². The lowest BCUT2D eigenvalue weighted by molar-refractivity contribution is 0.335. The maximum Gasteiger partial charge on any atom is 0.175 e. The Bertz CT molecular complexity index is 183.